The van der Waals surface area contributed by atoms with Gasteiger partial charge in [0.15, 0.2) is 5.82 Å². The maximum absolute atomic E-state index is 14.3. The van der Waals surface area contributed by atoms with Crippen LogP contribution >= 0.6 is 11.8 Å². The zero-order valence-corrected chi connectivity index (χ0v) is 42.8. The van der Waals surface area contributed by atoms with Crippen molar-refractivity contribution in [1.82, 2.24) is 35.7 Å². The number of phenols is 1. The minimum Gasteiger partial charge on any atom is -0.654 e. The maximum atomic E-state index is 14.3. The van der Waals surface area contributed by atoms with Gasteiger partial charge >= 0.3 is 0 Å². The molecule has 6 N–H and O–H groups in total. The van der Waals surface area contributed by atoms with E-state index >= 15 is 0 Å². The number of aromatic hydroxyl groups is 1. The zero-order chi connectivity index (χ0) is 51.0. The monoisotopic (exact) mass is 1000 g/mol. The number of carbonyl (C=O) groups excluding carboxylic acids is 3. The molecule has 17 heteroatoms. The Hall–Kier alpha value is -6.43. The van der Waals surface area contributed by atoms with E-state index in [1.54, 1.807) is 23.9 Å². The second-order valence-corrected chi connectivity index (χ2v) is 22.8. The highest BCUT2D eigenvalue weighted by Gasteiger charge is 2.45. The van der Waals surface area contributed by atoms with E-state index in [0.29, 0.717) is 55.5 Å². The molecule has 10 rings (SSSR count). The molecule has 3 aromatic carbocycles. The first-order valence-corrected chi connectivity index (χ1v) is 26.7. The Morgan fingerprint density at radius 1 is 0.836 bits per heavy atom. The standard InChI is InChI=1S/C56H66N11O5S/c1-32-49(73-31-61-32)37-11-9-33(10-12-37)25-60-54(71)47-23-43(68)30-67(47)55(72)50(56(2,3)4)63-53(70)38-19-17-35(18-20-38)34-13-15-36(16-14-34)40-26-58-52(59-27-40)39-21-41-28-66(29-42(22-39)62-41)46-24-45(64-65-51(46)57)44-7-5-6-8-48(44)69/h5-16,24,26-27,31-32,35,38-39,41-43,47,49-50,68-69H,17-23,25,28-30H2,1-4H3,(H2,57,65)(H,60,71)(H,63,70)/q-1/t32?,35?,38?,39?,41?,42?,43-,47+,49?,50-/m1/s1. The number of phenolic OH excluding ortho intramolecular Hbond substituents is 1. The average molecular weight is 1010 g/mol. The smallest absolute Gasteiger partial charge is 0.246 e. The van der Waals surface area contributed by atoms with Gasteiger partial charge in [0.25, 0.3) is 0 Å². The molecule has 16 nitrogen and oxygen atoms in total. The minimum atomic E-state index is -0.871. The first kappa shape index (κ1) is 50.1. The Morgan fingerprint density at radius 2 is 1.52 bits per heavy atom. The van der Waals surface area contributed by atoms with E-state index in [4.69, 9.17) is 21.0 Å². The Balaban J connectivity index is 0.701. The molecule has 1 saturated carbocycles. The second kappa shape index (κ2) is 21.2. The number of nitrogens with two attached hydrogens (primary N) is 1. The van der Waals surface area contributed by atoms with Crippen molar-refractivity contribution in [1.29, 1.82) is 0 Å². The van der Waals surface area contributed by atoms with Crippen molar-refractivity contribution in [2.24, 2.45) is 16.3 Å². The van der Waals surface area contributed by atoms with Crippen molar-refractivity contribution in [3.05, 3.63) is 119 Å². The number of para-hydroxylation sites is 1. The number of piperidine rings is 1. The van der Waals surface area contributed by atoms with Crippen LogP contribution in [0.1, 0.15) is 112 Å². The van der Waals surface area contributed by atoms with Crippen molar-refractivity contribution >= 4 is 46.5 Å². The highest BCUT2D eigenvalue weighted by Crippen LogP contribution is 2.42. The molecule has 4 unspecified atom stereocenters. The van der Waals surface area contributed by atoms with Gasteiger partial charge in [0.1, 0.15) is 23.7 Å². The van der Waals surface area contributed by atoms with Gasteiger partial charge in [-0.1, -0.05) is 94.3 Å². The fourth-order valence-corrected chi connectivity index (χ4v) is 12.5. The number of anilines is 2. The number of carbonyl (C=O) groups is 3. The molecule has 5 aliphatic rings. The predicted octanol–water partition coefficient (Wildman–Crippen LogP) is 7.68. The fraction of sp³-hybridized carbons (Fsp3) is 0.464. The number of aliphatic hydroxyl groups excluding tert-OH is 1. The molecule has 73 heavy (non-hydrogen) atoms. The van der Waals surface area contributed by atoms with Gasteiger partial charge in [0.2, 0.25) is 17.7 Å². The molecule has 6 heterocycles. The summed E-state index contributed by atoms with van der Waals surface area (Å²) in [6.45, 7) is 9.57. The van der Waals surface area contributed by atoms with Crippen molar-refractivity contribution in [2.45, 2.75) is 133 Å². The largest absolute Gasteiger partial charge is 0.654 e. The number of fused-ring (bicyclic) bond motifs is 2. The molecular formula is C56H66N11O5S-. The Kier molecular flexibility index (Phi) is 14.6. The quantitative estimate of drug-likeness (QED) is 0.0811. The summed E-state index contributed by atoms with van der Waals surface area (Å²) in [5.74, 6) is 0.780. The van der Waals surface area contributed by atoms with Crippen LogP contribution in [0.3, 0.4) is 0 Å². The number of hydrogen-bond acceptors (Lipinski definition) is 13. The first-order chi connectivity index (χ1) is 35.1. The van der Waals surface area contributed by atoms with Crippen LogP contribution in [-0.2, 0) is 20.9 Å². The minimum absolute atomic E-state index is 0.0306. The molecule has 4 aliphatic heterocycles. The van der Waals surface area contributed by atoms with Gasteiger partial charge in [-0.15, -0.1) is 34.0 Å². The Bertz CT molecular complexity index is 2800. The molecule has 1 aliphatic carbocycles. The van der Waals surface area contributed by atoms with Crippen LogP contribution < -0.4 is 21.3 Å². The van der Waals surface area contributed by atoms with Gasteiger partial charge in [-0.3, -0.25) is 19.4 Å². The number of aromatic nitrogens is 4. The van der Waals surface area contributed by atoms with Crippen LogP contribution in [0.5, 0.6) is 5.75 Å². The summed E-state index contributed by atoms with van der Waals surface area (Å²) >= 11 is 1.71. The van der Waals surface area contributed by atoms with Crippen molar-refractivity contribution < 1.29 is 24.6 Å². The van der Waals surface area contributed by atoms with E-state index in [-0.39, 0.29) is 71.6 Å². The van der Waals surface area contributed by atoms with Crippen LogP contribution in [0.4, 0.5) is 11.5 Å². The number of likely N-dealkylation sites (tertiary alicyclic amines) is 1. The van der Waals surface area contributed by atoms with Crippen LogP contribution in [0.2, 0.25) is 0 Å². The summed E-state index contributed by atoms with van der Waals surface area (Å²) in [7, 11) is 0. The number of nitrogen functional groups attached to an aromatic ring is 1. The van der Waals surface area contributed by atoms with E-state index in [0.717, 1.165) is 53.9 Å². The van der Waals surface area contributed by atoms with Crippen LogP contribution in [0.25, 0.3) is 27.7 Å². The zero-order valence-electron chi connectivity index (χ0n) is 42.0. The van der Waals surface area contributed by atoms with Crippen molar-refractivity contribution in [3.8, 4) is 28.1 Å². The molecular weight excluding hydrogens is 939 g/mol. The lowest BCUT2D eigenvalue weighted by Gasteiger charge is -2.55. The summed E-state index contributed by atoms with van der Waals surface area (Å²) in [6.07, 6.45) is 7.90. The third-order valence-corrected chi connectivity index (χ3v) is 16.8. The molecule has 0 radical (unpaired) electrons. The topological polar surface area (TPSA) is 226 Å². The number of benzene rings is 3. The summed E-state index contributed by atoms with van der Waals surface area (Å²) < 4.78 is 0. The number of piperazine rings is 1. The SMILES string of the molecule is CC1N=CSC1c1ccc(CNC(=O)[C@@H]2C[C@@H](O)CN2C(=O)[C@@H](NC(=O)C2CCC(c3ccc(-c4cnc(C5CC6CN(c7cc(-c8ccccc8O)nnc7N)CC(C5)[N-]6)nc4)cc3)CC2)C(C)(C)C)cc1. The third-order valence-electron chi connectivity index (χ3n) is 15.6. The van der Waals surface area contributed by atoms with E-state index in [1.165, 1.54) is 16.0 Å². The Labute approximate surface area is 431 Å². The molecule has 5 aromatic rings. The van der Waals surface area contributed by atoms with E-state index in [9.17, 15) is 24.6 Å². The van der Waals surface area contributed by atoms with Gasteiger partial charge in [-0.2, -0.15) is 0 Å². The lowest BCUT2D eigenvalue weighted by Crippen LogP contribution is -2.58. The molecule has 3 amide bonds. The third kappa shape index (κ3) is 11.1. The van der Waals surface area contributed by atoms with Crippen molar-refractivity contribution in [2.75, 3.05) is 30.3 Å². The van der Waals surface area contributed by atoms with Crippen LogP contribution in [0, 0.1) is 11.3 Å². The molecule has 3 saturated heterocycles. The van der Waals surface area contributed by atoms with Gasteiger partial charge in [-0.05, 0) is 84.4 Å². The van der Waals surface area contributed by atoms with Crippen LogP contribution in [-0.4, -0.2) is 114 Å². The number of amides is 3. The number of hydrogen-bond donors (Lipinski definition) is 5. The molecule has 2 aromatic heterocycles. The number of nitrogens with zero attached hydrogens (tertiary/aromatic N) is 8. The molecule has 382 valence electrons. The van der Waals surface area contributed by atoms with E-state index in [2.05, 4.69) is 74.0 Å². The van der Waals surface area contributed by atoms with Crippen molar-refractivity contribution in [3.63, 3.8) is 0 Å². The predicted molar refractivity (Wildman–Crippen MR) is 285 cm³/mol. The lowest BCUT2D eigenvalue weighted by atomic mass is 9.77. The number of thioether (sulfide) groups is 1. The number of nitrogens with one attached hydrogen (secondary N) is 2. The first-order valence-electron chi connectivity index (χ1n) is 25.8. The highest BCUT2D eigenvalue weighted by molar-refractivity contribution is 8.12. The molecule has 2 bridgehead atoms. The normalized spacial score (nSPS) is 26.3. The van der Waals surface area contributed by atoms with Gasteiger partial charge in [0.05, 0.1) is 34.3 Å². The van der Waals surface area contributed by atoms with Gasteiger partial charge in [0, 0.05) is 68.0 Å². The summed E-state index contributed by atoms with van der Waals surface area (Å²) in [5.41, 5.74) is 14.9. The highest BCUT2D eigenvalue weighted by atomic mass is 32.2. The second-order valence-electron chi connectivity index (χ2n) is 21.8. The summed E-state index contributed by atoms with van der Waals surface area (Å²) in [5, 5.41) is 41.1. The van der Waals surface area contributed by atoms with Crippen LogP contribution in [0.15, 0.2) is 96.2 Å². The fourth-order valence-electron chi connectivity index (χ4n) is 11.5. The number of aliphatic imine (C=N–C) groups is 1. The van der Waals surface area contributed by atoms with Gasteiger partial charge in [-0.25, -0.2) is 9.97 Å². The molecule has 7 atom stereocenters. The van der Waals surface area contributed by atoms with Gasteiger partial charge < -0.3 is 41.7 Å². The lowest BCUT2D eigenvalue weighted by molar-refractivity contribution is -0.144. The molecule has 4 fully saturated rings. The maximum Gasteiger partial charge on any atom is 0.246 e. The average Bonchev–Trinajstić information content (AvgIpc) is 4.02. The number of β-amino-alcohol motifs (C(OH)–C–C–N with tert-alkyl or cyclic N) is 1. The number of rotatable bonds is 12. The summed E-state index contributed by atoms with van der Waals surface area (Å²) in [6, 6.07) is 24.4. The van der Waals surface area contributed by atoms with E-state index in [1.807, 2.05) is 69.0 Å². The molecule has 0 spiro atoms. The number of aliphatic hydroxyl groups is 1. The Morgan fingerprint density at radius 3 is 2.18 bits per heavy atom. The van der Waals surface area contributed by atoms with E-state index < -0.39 is 23.6 Å². The summed E-state index contributed by atoms with van der Waals surface area (Å²) in [4.78, 5) is 59.8.